The van der Waals surface area contributed by atoms with E-state index in [2.05, 4.69) is 10.1 Å². The van der Waals surface area contributed by atoms with Crippen LogP contribution < -0.4 is 4.74 Å². The third-order valence-electron chi connectivity index (χ3n) is 6.32. The van der Waals surface area contributed by atoms with Gasteiger partial charge in [0.1, 0.15) is 24.0 Å². The van der Waals surface area contributed by atoms with Gasteiger partial charge in [0.05, 0.1) is 29.1 Å². The summed E-state index contributed by atoms with van der Waals surface area (Å²) in [6.07, 6.45) is 4.81. The highest BCUT2D eigenvalue weighted by Gasteiger charge is 2.27. The van der Waals surface area contributed by atoms with Crippen LogP contribution in [0, 0.1) is 17.2 Å². The number of aliphatic hydroxyl groups is 1. The number of hydrogen-bond acceptors (Lipinski definition) is 8. The molecule has 3 aromatic rings. The molecule has 1 aromatic carbocycles. The maximum atomic E-state index is 12.3. The van der Waals surface area contributed by atoms with E-state index in [1.54, 1.807) is 17.0 Å². The number of aliphatic hydroxyl groups excluding tert-OH is 1. The van der Waals surface area contributed by atoms with Crippen molar-refractivity contribution in [1.29, 1.82) is 5.26 Å². The molecule has 0 spiro atoms. The molecule has 0 radical (unpaired) electrons. The molecule has 190 valence electrons. The topological polar surface area (TPSA) is 122 Å². The van der Waals surface area contributed by atoms with E-state index in [0.717, 1.165) is 36.8 Å². The summed E-state index contributed by atoms with van der Waals surface area (Å²) < 4.78 is 17.0. The first-order chi connectivity index (χ1) is 17.3. The van der Waals surface area contributed by atoms with Gasteiger partial charge in [0.15, 0.2) is 5.58 Å². The largest absolute Gasteiger partial charge is 0.487 e. The number of nitriles is 1. The zero-order valence-electron chi connectivity index (χ0n) is 21.0. The summed E-state index contributed by atoms with van der Waals surface area (Å²) in [6.45, 7) is 6.99. The van der Waals surface area contributed by atoms with Crippen LogP contribution in [0.15, 0.2) is 35.0 Å². The summed E-state index contributed by atoms with van der Waals surface area (Å²) in [7, 11) is 0. The predicted molar refractivity (Wildman–Crippen MR) is 132 cm³/mol. The first-order valence-corrected chi connectivity index (χ1v) is 12.2. The van der Waals surface area contributed by atoms with Gasteiger partial charge >= 0.3 is 6.09 Å². The Hall–Kier alpha value is -3.64. The lowest BCUT2D eigenvalue weighted by molar-refractivity contribution is 0.0181. The highest BCUT2D eigenvalue weighted by molar-refractivity contribution is 5.84. The minimum atomic E-state index is -0.485. The second kappa shape index (κ2) is 11.0. The number of pyridine rings is 1. The molecule has 1 aliphatic rings. The number of amides is 1. The first-order valence-electron chi connectivity index (χ1n) is 12.2. The number of aromatic nitrogens is 2. The number of likely N-dealkylation sites (tertiary alicyclic amines) is 1. The molecular formula is C27H32N4O5. The number of piperidine rings is 1. The molecule has 0 atom stereocenters. The van der Waals surface area contributed by atoms with Crippen LogP contribution in [0.4, 0.5) is 4.79 Å². The molecule has 1 amide bonds. The first kappa shape index (κ1) is 25.5. The SMILES string of the molecule is CC(C)(C)OC(=O)N1CCC(CCc2noc3c(CO)c(OCc4ccc(C#N)cn4)ccc23)CC1. The van der Waals surface area contributed by atoms with E-state index < -0.39 is 5.60 Å². The quantitative estimate of drug-likeness (QED) is 0.502. The monoisotopic (exact) mass is 492 g/mol. The predicted octanol–water partition coefficient (Wildman–Crippen LogP) is 4.75. The van der Waals surface area contributed by atoms with E-state index in [1.165, 1.54) is 6.20 Å². The molecule has 4 rings (SSSR count). The Kier molecular flexibility index (Phi) is 7.75. The number of carbonyl (C=O) groups excluding carboxylic acids is 1. The van der Waals surface area contributed by atoms with Crippen molar-refractivity contribution in [2.24, 2.45) is 5.92 Å². The molecule has 0 saturated carbocycles. The molecule has 0 bridgehead atoms. The summed E-state index contributed by atoms with van der Waals surface area (Å²) in [5.74, 6) is 1.00. The van der Waals surface area contributed by atoms with E-state index in [1.807, 2.05) is 39.0 Å². The number of nitrogens with zero attached hydrogens (tertiary/aromatic N) is 4. The van der Waals surface area contributed by atoms with E-state index in [0.29, 0.717) is 47.2 Å². The van der Waals surface area contributed by atoms with Gasteiger partial charge in [-0.15, -0.1) is 0 Å². The molecule has 3 heterocycles. The van der Waals surface area contributed by atoms with Crippen LogP contribution in [0.3, 0.4) is 0 Å². The van der Waals surface area contributed by atoms with Crippen molar-refractivity contribution in [3.63, 3.8) is 0 Å². The van der Waals surface area contributed by atoms with E-state index in [4.69, 9.17) is 19.3 Å². The molecule has 1 saturated heterocycles. The van der Waals surface area contributed by atoms with Crippen molar-refractivity contribution >= 4 is 17.1 Å². The fraction of sp³-hybridized carbons (Fsp3) is 0.481. The summed E-state index contributed by atoms with van der Waals surface area (Å²) in [5.41, 5.74) is 2.60. The van der Waals surface area contributed by atoms with Gasteiger partial charge in [0.25, 0.3) is 0 Å². The second-order valence-electron chi connectivity index (χ2n) is 10.1. The Labute approximate surface area is 210 Å². The molecule has 36 heavy (non-hydrogen) atoms. The van der Waals surface area contributed by atoms with E-state index in [9.17, 15) is 9.90 Å². The van der Waals surface area contributed by atoms with Gasteiger partial charge in [-0.05, 0) is 76.6 Å². The molecule has 9 nitrogen and oxygen atoms in total. The van der Waals surface area contributed by atoms with Gasteiger partial charge in [-0.2, -0.15) is 5.26 Å². The van der Waals surface area contributed by atoms with Crippen LogP contribution in [0.2, 0.25) is 0 Å². The number of carbonyl (C=O) groups is 1. The molecule has 0 unspecified atom stereocenters. The summed E-state index contributed by atoms with van der Waals surface area (Å²) in [6, 6.07) is 9.19. The Balaban J connectivity index is 1.35. The van der Waals surface area contributed by atoms with Gasteiger partial charge in [0.2, 0.25) is 0 Å². The maximum Gasteiger partial charge on any atom is 0.410 e. The van der Waals surface area contributed by atoms with Crippen molar-refractivity contribution < 1.29 is 23.9 Å². The zero-order chi connectivity index (χ0) is 25.7. The molecule has 1 fully saturated rings. The van der Waals surface area contributed by atoms with Crippen molar-refractivity contribution in [1.82, 2.24) is 15.0 Å². The minimum absolute atomic E-state index is 0.202. The van der Waals surface area contributed by atoms with Crippen LogP contribution in [-0.2, 0) is 24.4 Å². The highest BCUT2D eigenvalue weighted by Crippen LogP contribution is 2.32. The van der Waals surface area contributed by atoms with Crippen LogP contribution in [-0.4, -0.2) is 44.9 Å². The lowest BCUT2D eigenvalue weighted by atomic mass is 9.91. The number of hydrogen-bond donors (Lipinski definition) is 1. The molecular weight excluding hydrogens is 460 g/mol. The fourth-order valence-electron chi connectivity index (χ4n) is 4.36. The number of rotatable bonds is 7. The number of ether oxygens (including phenoxy) is 2. The Morgan fingerprint density at radius 1 is 1.25 bits per heavy atom. The summed E-state index contributed by atoms with van der Waals surface area (Å²) in [4.78, 5) is 18.3. The summed E-state index contributed by atoms with van der Waals surface area (Å²) >= 11 is 0. The third-order valence-corrected chi connectivity index (χ3v) is 6.32. The smallest absolute Gasteiger partial charge is 0.410 e. The number of benzene rings is 1. The Morgan fingerprint density at radius 2 is 2.03 bits per heavy atom. The number of fused-ring (bicyclic) bond motifs is 1. The van der Waals surface area contributed by atoms with E-state index in [-0.39, 0.29) is 19.3 Å². The molecule has 9 heteroatoms. The normalized spacial score (nSPS) is 14.6. The van der Waals surface area contributed by atoms with Crippen LogP contribution in [0.5, 0.6) is 5.75 Å². The van der Waals surface area contributed by atoms with E-state index >= 15 is 0 Å². The van der Waals surface area contributed by atoms with Crippen molar-refractivity contribution in [3.05, 3.63) is 53.0 Å². The minimum Gasteiger partial charge on any atom is -0.487 e. The standard InChI is InChI=1S/C27H32N4O5/c1-27(2,3)35-26(33)31-12-10-18(11-13-31)5-8-23-21-7-9-24(22(16-32)25(21)36-30-23)34-17-20-6-4-19(14-28)15-29-20/h4,6-7,9,15,18,32H,5,8,10-13,16-17H2,1-3H3. The maximum absolute atomic E-state index is 12.3. The van der Waals surface area contributed by atoms with Gasteiger partial charge in [-0.1, -0.05) is 5.16 Å². The molecule has 1 N–H and O–H groups in total. The fourth-order valence-corrected chi connectivity index (χ4v) is 4.36. The van der Waals surface area contributed by atoms with Crippen molar-refractivity contribution in [2.45, 2.75) is 65.3 Å². The molecule has 1 aliphatic heterocycles. The summed E-state index contributed by atoms with van der Waals surface area (Å²) in [5, 5.41) is 24.1. The lowest BCUT2D eigenvalue weighted by Gasteiger charge is -2.33. The van der Waals surface area contributed by atoms with Gasteiger partial charge in [-0.3, -0.25) is 4.98 Å². The lowest BCUT2D eigenvalue weighted by Crippen LogP contribution is -2.41. The number of aryl methyl sites for hydroxylation is 1. The molecule has 2 aromatic heterocycles. The zero-order valence-corrected chi connectivity index (χ0v) is 21.0. The van der Waals surface area contributed by atoms with Crippen LogP contribution in [0.1, 0.15) is 62.5 Å². The molecule has 0 aliphatic carbocycles. The average molecular weight is 493 g/mol. The van der Waals surface area contributed by atoms with Gasteiger partial charge < -0.3 is 24.0 Å². The Bertz CT molecular complexity index is 1230. The van der Waals surface area contributed by atoms with Gasteiger partial charge in [0, 0.05) is 24.7 Å². The second-order valence-corrected chi connectivity index (χ2v) is 10.1. The third kappa shape index (κ3) is 6.13. The van der Waals surface area contributed by atoms with Crippen LogP contribution in [0.25, 0.3) is 11.0 Å². The van der Waals surface area contributed by atoms with Crippen molar-refractivity contribution in [2.75, 3.05) is 13.1 Å². The van der Waals surface area contributed by atoms with Crippen molar-refractivity contribution in [3.8, 4) is 11.8 Å². The highest BCUT2D eigenvalue weighted by atomic mass is 16.6. The van der Waals surface area contributed by atoms with Gasteiger partial charge in [-0.25, -0.2) is 4.79 Å². The van der Waals surface area contributed by atoms with Crippen LogP contribution >= 0.6 is 0 Å². The average Bonchev–Trinajstić information content (AvgIpc) is 3.28. The Morgan fingerprint density at radius 3 is 2.67 bits per heavy atom.